The molecule has 0 radical (unpaired) electrons. The molecule has 0 saturated heterocycles. The van der Waals surface area contributed by atoms with E-state index in [9.17, 15) is 0 Å². The van der Waals surface area contributed by atoms with Crippen molar-refractivity contribution in [3.05, 3.63) is 18.2 Å². The largest absolute Gasteiger partial charge is 0.491 e. The van der Waals surface area contributed by atoms with Gasteiger partial charge in [0.05, 0.1) is 18.0 Å². The molecule has 0 aliphatic carbocycles. The monoisotopic (exact) mass is 320 g/mol. The van der Waals surface area contributed by atoms with E-state index in [4.69, 9.17) is 16.2 Å². The number of rotatable bonds is 14. The summed E-state index contributed by atoms with van der Waals surface area (Å²) in [5.41, 5.74) is 12.8. The maximum absolute atomic E-state index is 5.88. The fraction of sp³-hybridized carbons (Fsp3) is 0.700. The van der Waals surface area contributed by atoms with Crippen molar-refractivity contribution < 1.29 is 4.74 Å². The summed E-state index contributed by atoms with van der Waals surface area (Å²) >= 11 is 0. The van der Waals surface area contributed by atoms with Gasteiger partial charge in [-0.3, -0.25) is 0 Å². The minimum Gasteiger partial charge on any atom is -0.491 e. The van der Waals surface area contributed by atoms with Crippen LogP contribution >= 0.6 is 0 Å². The second-order valence-corrected chi connectivity index (χ2v) is 6.50. The third kappa shape index (κ3) is 9.37. The van der Waals surface area contributed by atoms with E-state index in [0.717, 1.165) is 13.0 Å². The number of benzene rings is 1. The maximum atomic E-state index is 5.88. The van der Waals surface area contributed by atoms with Crippen molar-refractivity contribution in [3.63, 3.8) is 0 Å². The molecular formula is C20H36N2O. The van der Waals surface area contributed by atoms with Crippen LogP contribution in [0.4, 0.5) is 11.4 Å². The van der Waals surface area contributed by atoms with E-state index < -0.39 is 0 Å². The Kier molecular flexibility index (Phi) is 11.2. The van der Waals surface area contributed by atoms with Gasteiger partial charge in [-0.2, -0.15) is 0 Å². The highest BCUT2D eigenvalue weighted by atomic mass is 16.5. The summed E-state index contributed by atoms with van der Waals surface area (Å²) in [6.45, 7) is 3.00. The fourth-order valence-electron chi connectivity index (χ4n) is 2.81. The van der Waals surface area contributed by atoms with Gasteiger partial charge in [-0.25, -0.2) is 0 Å². The van der Waals surface area contributed by atoms with Crippen LogP contribution in [0.1, 0.15) is 84.0 Å². The van der Waals surface area contributed by atoms with Crippen molar-refractivity contribution in [2.75, 3.05) is 18.1 Å². The number of nitrogens with two attached hydrogens (primary N) is 2. The average Bonchev–Trinajstić information content (AvgIpc) is 2.55. The molecule has 3 heteroatoms. The highest BCUT2D eigenvalue weighted by molar-refractivity contribution is 5.70. The van der Waals surface area contributed by atoms with Crippen molar-refractivity contribution in [2.24, 2.45) is 0 Å². The normalized spacial score (nSPS) is 10.8. The van der Waals surface area contributed by atoms with Gasteiger partial charge in [-0.05, 0) is 18.6 Å². The zero-order chi connectivity index (χ0) is 16.8. The summed E-state index contributed by atoms with van der Waals surface area (Å²) < 4.78 is 5.70. The van der Waals surface area contributed by atoms with Crippen LogP contribution in [0.15, 0.2) is 18.2 Å². The average molecular weight is 321 g/mol. The van der Waals surface area contributed by atoms with Crippen LogP contribution in [-0.4, -0.2) is 6.61 Å². The molecule has 0 heterocycles. The van der Waals surface area contributed by atoms with Crippen LogP contribution in [-0.2, 0) is 0 Å². The van der Waals surface area contributed by atoms with Gasteiger partial charge in [-0.15, -0.1) is 0 Å². The van der Waals surface area contributed by atoms with Crippen molar-refractivity contribution in [1.82, 2.24) is 0 Å². The van der Waals surface area contributed by atoms with Crippen LogP contribution in [0, 0.1) is 0 Å². The topological polar surface area (TPSA) is 61.3 Å². The van der Waals surface area contributed by atoms with Crippen LogP contribution in [0.5, 0.6) is 5.75 Å². The molecule has 0 aliphatic rings. The quantitative estimate of drug-likeness (QED) is 0.330. The maximum Gasteiger partial charge on any atom is 0.144 e. The number of para-hydroxylation sites is 1. The van der Waals surface area contributed by atoms with E-state index in [0.29, 0.717) is 17.1 Å². The predicted octanol–water partition coefficient (Wildman–Crippen LogP) is 5.93. The van der Waals surface area contributed by atoms with E-state index in [1.54, 1.807) is 6.07 Å². The van der Waals surface area contributed by atoms with Crippen LogP contribution in [0.3, 0.4) is 0 Å². The van der Waals surface area contributed by atoms with E-state index in [1.807, 2.05) is 12.1 Å². The molecule has 23 heavy (non-hydrogen) atoms. The lowest BCUT2D eigenvalue weighted by Gasteiger charge is -2.10. The Morgan fingerprint density at radius 2 is 1.26 bits per heavy atom. The van der Waals surface area contributed by atoms with Gasteiger partial charge in [0.2, 0.25) is 0 Å². The molecule has 1 rings (SSSR count). The van der Waals surface area contributed by atoms with Crippen molar-refractivity contribution in [3.8, 4) is 5.75 Å². The van der Waals surface area contributed by atoms with Gasteiger partial charge < -0.3 is 16.2 Å². The van der Waals surface area contributed by atoms with E-state index in [-0.39, 0.29) is 0 Å². The Morgan fingerprint density at radius 3 is 1.83 bits per heavy atom. The smallest absolute Gasteiger partial charge is 0.144 e. The van der Waals surface area contributed by atoms with Crippen LogP contribution in [0.25, 0.3) is 0 Å². The Balaban J connectivity index is 1.87. The number of anilines is 2. The molecule has 0 atom stereocenters. The lowest BCUT2D eigenvalue weighted by molar-refractivity contribution is 0.306. The van der Waals surface area contributed by atoms with Crippen molar-refractivity contribution in [2.45, 2.75) is 84.0 Å². The van der Waals surface area contributed by atoms with Gasteiger partial charge >= 0.3 is 0 Å². The molecular weight excluding hydrogens is 284 g/mol. The second-order valence-electron chi connectivity index (χ2n) is 6.50. The molecule has 0 saturated carbocycles. The van der Waals surface area contributed by atoms with Gasteiger partial charge in [0.25, 0.3) is 0 Å². The van der Waals surface area contributed by atoms with Gasteiger partial charge in [0.15, 0.2) is 0 Å². The first kappa shape index (κ1) is 19.7. The molecule has 0 unspecified atom stereocenters. The number of nitrogen functional groups attached to an aromatic ring is 2. The molecule has 4 N–H and O–H groups in total. The van der Waals surface area contributed by atoms with Gasteiger partial charge in [-0.1, -0.05) is 83.6 Å². The minimum atomic E-state index is 0.562. The van der Waals surface area contributed by atoms with Crippen molar-refractivity contribution in [1.29, 1.82) is 0 Å². The fourth-order valence-corrected chi connectivity index (χ4v) is 2.81. The Morgan fingerprint density at radius 1 is 0.739 bits per heavy atom. The summed E-state index contributed by atoms with van der Waals surface area (Å²) in [6.07, 6.45) is 16.2. The second kappa shape index (κ2) is 13.1. The third-order valence-corrected chi connectivity index (χ3v) is 4.36. The zero-order valence-corrected chi connectivity index (χ0v) is 15.0. The SMILES string of the molecule is CCCCCCCCCCCCCCOc1cccc(N)c1N. The number of unbranched alkanes of at least 4 members (excludes halogenated alkanes) is 11. The number of hydrogen-bond acceptors (Lipinski definition) is 3. The standard InChI is InChI=1S/C20H36N2O/c1-2-3-4-5-6-7-8-9-10-11-12-13-17-23-19-16-14-15-18(21)20(19)22/h14-16H,2-13,17,21-22H2,1H3. The summed E-state index contributed by atoms with van der Waals surface area (Å²) in [5, 5.41) is 0. The molecule has 132 valence electrons. The first-order valence-corrected chi connectivity index (χ1v) is 9.52. The summed E-state index contributed by atoms with van der Waals surface area (Å²) in [7, 11) is 0. The highest BCUT2D eigenvalue weighted by Gasteiger charge is 2.02. The number of ether oxygens (including phenoxy) is 1. The molecule has 3 nitrogen and oxygen atoms in total. The molecule has 1 aromatic carbocycles. The number of hydrogen-bond donors (Lipinski definition) is 2. The minimum absolute atomic E-state index is 0.562. The zero-order valence-electron chi connectivity index (χ0n) is 15.0. The summed E-state index contributed by atoms with van der Waals surface area (Å²) in [4.78, 5) is 0. The predicted molar refractivity (Wildman–Crippen MR) is 102 cm³/mol. The van der Waals surface area contributed by atoms with Crippen LogP contribution in [0.2, 0.25) is 0 Å². The van der Waals surface area contributed by atoms with E-state index in [2.05, 4.69) is 6.92 Å². The Bertz CT molecular complexity index is 407. The molecule has 0 bridgehead atoms. The van der Waals surface area contributed by atoms with E-state index >= 15 is 0 Å². The highest BCUT2D eigenvalue weighted by Crippen LogP contribution is 2.26. The molecule has 0 aromatic heterocycles. The Hall–Kier alpha value is -1.38. The lowest BCUT2D eigenvalue weighted by Crippen LogP contribution is -2.02. The first-order chi connectivity index (χ1) is 11.3. The van der Waals surface area contributed by atoms with Gasteiger partial charge in [0, 0.05) is 0 Å². The van der Waals surface area contributed by atoms with Gasteiger partial charge in [0.1, 0.15) is 5.75 Å². The summed E-state index contributed by atoms with van der Waals surface area (Å²) in [5.74, 6) is 0.716. The van der Waals surface area contributed by atoms with Crippen molar-refractivity contribution >= 4 is 11.4 Å². The van der Waals surface area contributed by atoms with E-state index in [1.165, 1.54) is 70.6 Å². The molecule has 0 aliphatic heterocycles. The van der Waals surface area contributed by atoms with Crippen LogP contribution < -0.4 is 16.2 Å². The Labute approximate surface area is 142 Å². The molecule has 0 fully saturated rings. The third-order valence-electron chi connectivity index (χ3n) is 4.36. The molecule has 0 spiro atoms. The summed E-state index contributed by atoms with van der Waals surface area (Å²) in [6, 6.07) is 5.56. The molecule has 1 aromatic rings. The lowest BCUT2D eigenvalue weighted by atomic mass is 10.1. The first-order valence-electron chi connectivity index (χ1n) is 9.52. The molecule has 0 amide bonds.